The zero-order valence-corrected chi connectivity index (χ0v) is 48.8. The normalized spacial score (nSPS) is 19.1. The van der Waals surface area contributed by atoms with Gasteiger partial charge in [0.15, 0.2) is 6.29 Å². The van der Waals surface area contributed by atoms with Gasteiger partial charge in [0.05, 0.1) is 25.4 Å². The maximum Gasteiger partial charge on any atom is 0.397 e. The molecule has 0 aromatic heterocycles. The summed E-state index contributed by atoms with van der Waals surface area (Å²) in [4.78, 5) is 13.1. The van der Waals surface area contributed by atoms with Crippen molar-refractivity contribution in [1.82, 2.24) is 5.32 Å². The van der Waals surface area contributed by atoms with Crippen molar-refractivity contribution in [2.24, 2.45) is 0 Å². The van der Waals surface area contributed by atoms with Crippen molar-refractivity contribution >= 4 is 16.3 Å². The van der Waals surface area contributed by atoms with Gasteiger partial charge in [-0.1, -0.05) is 302 Å². The van der Waals surface area contributed by atoms with E-state index in [4.69, 9.17) is 9.47 Å². The number of aliphatic hydroxyl groups is 4. The highest BCUT2D eigenvalue weighted by Gasteiger charge is 2.48. The van der Waals surface area contributed by atoms with Gasteiger partial charge in [-0.25, -0.2) is 4.18 Å². The van der Waals surface area contributed by atoms with Gasteiger partial charge in [-0.15, -0.1) is 0 Å². The average Bonchev–Trinajstić information content (AvgIpc) is 3.38. The van der Waals surface area contributed by atoms with Gasteiger partial charge in [-0.05, 0) is 19.3 Å². The Morgan fingerprint density at radius 1 is 0.527 bits per heavy atom. The molecule has 1 aliphatic heterocycles. The first kappa shape index (κ1) is 70.9. The number of nitrogens with one attached hydrogen (secondary N) is 1. The number of hydrogen-bond donors (Lipinski definition) is 6. The van der Waals surface area contributed by atoms with E-state index in [0.29, 0.717) is 6.42 Å². The lowest BCUT2D eigenvalue weighted by atomic mass is 9.99. The van der Waals surface area contributed by atoms with Crippen LogP contribution in [0, 0.1) is 0 Å². The summed E-state index contributed by atoms with van der Waals surface area (Å²) in [6.45, 7) is 3.40. The van der Waals surface area contributed by atoms with E-state index in [-0.39, 0.29) is 18.9 Å². The van der Waals surface area contributed by atoms with Crippen LogP contribution in [-0.4, -0.2) is 95.4 Å². The largest absolute Gasteiger partial charge is 0.397 e. The monoisotopic (exact) mass is 1070 g/mol. The van der Waals surface area contributed by atoms with E-state index < -0.39 is 59.9 Å². The molecule has 0 spiro atoms. The van der Waals surface area contributed by atoms with Gasteiger partial charge >= 0.3 is 10.4 Å². The number of carbonyl (C=O) groups is 1. The molecule has 7 atom stereocenters. The molecule has 0 radical (unpaired) electrons. The van der Waals surface area contributed by atoms with Gasteiger partial charge in [0.2, 0.25) is 5.91 Å². The van der Waals surface area contributed by atoms with Crippen LogP contribution in [0.25, 0.3) is 0 Å². The van der Waals surface area contributed by atoms with Crippen molar-refractivity contribution in [3.8, 4) is 0 Å². The van der Waals surface area contributed by atoms with Crippen LogP contribution in [-0.2, 0) is 28.9 Å². The zero-order chi connectivity index (χ0) is 54.0. The number of aliphatic hydroxyl groups excluding tert-OH is 4. The lowest BCUT2D eigenvalue weighted by Gasteiger charge is -2.41. The number of ether oxygens (including phenoxy) is 2. The predicted octanol–water partition coefficient (Wildman–Crippen LogP) is 15.4. The number of amides is 1. The molecule has 0 bridgehead atoms. The molecule has 0 aromatic carbocycles. The molecule has 1 fully saturated rings. The van der Waals surface area contributed by atoms with Crippen molar-refractivity contribution in [2.75, 3.05) is 13.2 Å². The van der Waals surface area contributed by atoms with Gasteiger partial charge in [0.25, 0.3) is 0 Å². The molecule has 74 heavy (non-hydrogen) atoms. The zero-order valence-electron chi connectivity index (χ0n) is 47.9. The van der Waals surface area contributed by atoms with Crippen LogP contribution in [0.1, 0.15) is 316 Å². The third-order valence-corrected chi connectivity index (χ3v) is 15.8. The summed E-state index contributed by atoms with van der Waals surface area (Å²) in [7, 11) is -5.08. The minimum Gasteiger partial charge on any atom is -0.394 e. The topological polar surface area (TPSA) is 192 Å². The molecule has 0 aromatic rings. The molecule has 12 nitrogen and oxygen atoms in total. The maximum absolute atomic E-state index is 13.1. The highest BCUT2D eigenvalue weighted by atomic mass is 32.3. The van der Waals surface area contributed by atoms with Gasteiger partial charge in [-0.2, -0.15) is 8.42 Å². The van der Waals surface area contributed by atoms with Gasteiger partial charge in [-0.3, -0.25) is 9.35 Å². The Bertz CT molecular complexity index is 1350. The first-order chi connectivity index (χ1) is 36.0. The summed E-state index contributed by atoms with van der Waals surface area (Å²) in [6, 6.07) is -0.939. The SMILES string of the molecule is CCCCCCCCCC/C=C/C(O)C(COC1OC(CO)C(O)C(OS(=O)(=O)O)C1O)NC(=O)CCCCCCCCCCCCCCCCCCCCCCCCCCCCCCCCCCCCCCC. The molecule has 13 heteroatoms. The van der Waals surface area contributed by atoms with Crippen LogP contribution >= 0.6 is 0 Å². The van der Waals surface area contributed by atoms with E-state index in [0.717, 1.165) is 38.5 Å². The van der Waals surface area contributed by atoms with E-state index in [1.807, 2.05) is 6.08 Å². The summed E-state index contributed by atoms with van der Waals surface area (Å²) >= 11 is 0. The summed E-state index contributed by atoms with van der Waals surface area (Å²) in [5.41, 5.74) is 0. The molecule has 7 unspecified atom stereocenters. The molecule has 1 heterocycles. The van der Waals surface area contributed by atoms with Crippen molar-refractivity contribution in [3.63, 3.8) is 0 Å². The number of rotatable bonds is 56. The quantitative estimate of drug-likeness (QED) is 0.0193. The van der Waals surface area contributed by atoms with Crippen LogP contribution in [0.5, 0.6) is 0 Å². The molecule has 6 N–H and O–H groups in total. The van der Waals surface area contributed by atoms with Crippen molar-refractivity contribution < 1.29 is 51.8 Å². The molecule has 1 saturated heterocycles. The molecule has 1 rings (SSSR count). The van der Waals surface area contributed by atoms with Crippen molar-refractivity contribution in [3.05, 3.63) is 12.2 Å². The molecule has 440 valence electrons. The Balaban J connectivity index is 2.10. The van der Waals surface area contributed by atoms with Gasteiger partial charge in [0.1, 0.15) is 24.4 Å². The van der Waals surface area contributed by atoms with E-state index >= 15 is 0 Å². The Labute approximate surface area is 455 Å². The lowest BCUT2D eigenvalue weighted by Crippen LogP contribution is -2.61. The standard InChI is InChI=1S/C61H119NO11S/c1-3-5-7-9-11-13-15-16-17-18-19-20-21-22-23-24-25-26-27-28-29-30-31-32-33-34-35-36-37-38-39-40-41-43-45-47-49-51-57(65)62-54(55(64)50-48-46-44-42-14-12-10-8-6-4-2)53-71-61-59(67)60(73-74(68,69)70)58(66)56(52-63)72-61/h48,50,54-56,58-61,63-64,66-67H,3-47,49,51-53H2,1-2H3,(H,62,65)(H,68,69,70)/b50-48+. The van der Waals surface area contributed by atoms with E-state index in [2.05, 4.69) is 23.3 Å². The smallest absolute Gasteiger partial charge is 0.394 e. The summed E-state index contributed by atoms with van der Waals surface area (Å²) in [5.74, 6) is -0.258. The lowest BCUT2D eigenvalue weighted by molar-refractivity contribution is -0.298. The number of unbranched alkanes of at least 4 members (excludes halogenated alkanes) is 44. The van der Waals surface area contributed by atoms with E-state index in [1.54, 1.807) is 6.08 Å². The summed E-state index contributed by atoms with van der Waals surface area (Å²) in [5, 5.41) is 44.8. The second kappa shape index (κ2) is 51.3. The number of allylic oxidation sites excluding steroid dienone is 1. The minimum absolute atomic E-state index is 0.258. The first-order valence-corrected chi connectivity index (χ1v) is 32.9. The summed E-state index contributed by atoms with van der Waals surface area (Å²) < 4.78 is 47.7. The van der Waals surface area contributed by atoms with Crippen LogP contribution < -0.4 is 5.32 Å². The Morgan fingerprint density at radius 3 is 1.18 bits per heavy atom. The van der Waals surface area contributed by atoms with Gasteiger partial charge in [0, 0.05) is 6.42 Å². The predicted molar refractivity (Wildman–Crippen MR) is 306 cm³/mol. The molecule has 0 saturated carbocycles. The Kier molecular flexibility index (Phi) is 49.1. The number of hydrogen-bond acceptors (Lipinski definition) is 10. The van der Waals surface area contributed by atoms with Crippen LogP contribution in [0.4, 0.5) is 0 Å². The third-order valence-electron chi connectivity index (χ3n) is 15.3. The molecule has 0 aliphatic carbocycles. The molecule has 1 aliphatic rings. The Hall–Kier alpha value is -1.16. The highest BCUT2D eigenvalue weighted by Crippen LogP contribution is 2.26. The maximum atomic E-state index is 13.1. The highest BCUT2D eigenvalue weighted by molar-refractivity contribution is 7.80. The fourth-order valence-corrected chi connectivity index (χ4v) is 11.0. The molecule has 1 amide bonds. The molecular weight excluding hydrogens is 955 g/mol. The second-order valence-corrected chi connectivity index (χ2v) is 23.4. The minimum atomic E-state index is -5.08. The summed E-state index contributed by atoms with van der Waals surface area (Å²) in [6.07, 6.45) is 54.7. The number of carbonyl (C=O) groups excluding carboxylic acids is 1. The first-order valence-electron chi connectivity index (χ1n) is 31.6. The van der Waals surface area contributed by atoms with E-state index in [1.165, 1.54) is 250 Å². The van der Waals surface area contributed by atoms with Crippen LogP contribution in [0.15, 0.2) is 12.2 Å². The molecular formula is C61H119NO11S. The third kappa shape index (κ3) is 42.8. The Morgan fingerprint density at radius 2 is 0.851 bits per heavy atom. The second-order valence-electron chi connectivity index (χ2n) is 22.4. The van der Waals surface area contributed by atoms with E-state index in [9.17, 15) is 38.2 Å². The van der Waals surface area contributed by atoms with Crippen LogP contribution in [0.2, 0.25) is 0 Å². The van der Waals surface area contributed by atoms with Crippen molar-refractivity contribution in [2.45, 2.75) is 358 Å². The van der Waals surface area contributed by atoms with Crippen LogP contribution in [0.3, 0.4) is 0 Å². The van der Waals surface area contributed by atoms with Crippen molar-refractivity contribution in [1.29, 1.82) is 0 Å². The van der Waals surface area contributed by atoms with Gasteiger partial charge < -0.3 is 35.2 Å². The average molecular weight is 1070 g/mol. The fraction of sp³-hybridized carbons (Fsp3) is 0.951. The fourth-order valence-electron chi connectivity index (χ4n) is 10.5.